The third kappa shape index (κ3) is 4.08. The molecule has 4 N–H and O–H groups in total. The Balaban J connectivity index is 1.24. The highest BCUT2D eigenvalue weighted by molar-refractivity contribution is 5.92. The van der Waals surface area contributed by atoms with Crippen molar-refractivity contribution >= 4 is 22.9 Å². The van der Waals surface area contributed by atoms with E-state index in [-0.39, 0.29) is 5.69 Å². The Hall–Kier alpha value is -4.88. The van der Waals surface area contributed by atoms with Gasteiger partial charge in [-0.2, -0.15) is 8.78 Å². The number of benzene rings is 1. The molecule has 0 amide bonds. The third-order valence-electron chi connectivity index (χ3n) is 7.04. The SMILES string of the molecule is NC1(c2ncccc2-c2ncnc3[nH]ccc23)C=CC=C2C1=CC=NC2Nc1ccc2c(c1)C(F)(F)OC(F)(F)O2. The number of halogens is 4. The van der Waals surface area contributed by atoms with E-state index in [1.165, 1.54) is 12.4 Å². The molecule has 2 unspecified atom stereocenters. The highest BCUT2D eigenvalue weighted by atomic mass is 19.3. The van der Waals surface area contributed by atoms with Gasteiger partial charge < -0.3 is 20.8 Å². The van der Waals surface area contributed by atoms with Gasteiger partial charge in [-0.3, -0.25) is 9.98 Å². The molecule has 206 valence electrons. The Morgan fingerprint density at radius 1 is 1.02 bits per heavy atom. The van der Waals surface area contributed by atoms with Gasteiger partial charge in [0, 0.05) is 40.8 Å². The van der Waals surface area contributed by atoms with Crippen LogP contribution < -0.4 is 15.8 Å². The van der Waals surface area contributed by atoms with Crippen LogP contribution >= 0.6 is 0 Å². The number of aliphatic imine (C=N–C) groups is 1. The second-order valence-corrected chi connectivity index (χ2v) is 9.53. The molecule has 0 bridgehead atoms. The lowest BCUT2D eigenvalue weighted by atomic mass is 9.75. The quantitative estimate of drug-likeness (QED) is 0.295. The minimum Gasteiger partial charge on any atom is -0.409 e. The molecule has 0 saturated heterocycles. The minimum atomic E-state index is -4.45. The molecule has 3 aromatic heterocycles. The van der Waals surface area contributed by atoms with Gasteiger partial charge in [0.25, 0.3) is 0 Å². The second kappa shape index (κ2) is 8.81. The Morgan fingerprint density at radius 2 is 1.90 bits per heavy atom. The first-order chi connectivity index (χ1) is 19.6. The van der Waals surface area contributed by atoms with Crippen molar-refractivity contribution in [3.8, 4) is 17.0 Å². The van der Waals surface area contributed by atoms with Crippen molar-refractivity contribution in [1.29, 1.82) is 0 Å². The fourth-order valence-corrected chi connectivity index (χ4v) is 5.26. The fraction of sp³-hybridized carbons (Fsp3) is 0.143. The molecule has 9 nitrogen and oxygen atoms in total. The summed E-state index contributed by atoms with van der Waals surface area (Å²) in [6.07, 6.45) is 4.13. The number of aromatic nitrogens is 4. The lowest BCUT2D eigenvalue weighted by Crippen LogP contribution is -2.43. The van der Waals surface area contributed by atoms with Crippen molar-refractivity contribution in [3.63, 3.8) is 0 Å². The fourth-order valence-electron chi connectivity index (χ4n) is 5.26. The number of nitrogens with one attached hydrogen (secondary N) is 2. The number of hydrogen-bond acceptors (Lipinski definition) is 8. The van der Waals surface area contributed by atoms with Crippen LogP contribution in [0.3, 0.4) is 0 Å². The molecule has 5 heterocycles. The largest absolute Gasteiger partial charge is 0.540 e. The maximum atomic E-state index is 14.4. The number of anilines is 1. The number of allylic oxidation sites excluding steroid dienone is 3. The zero-order chi connectivity index (χ0) is 28.4. The average molecular weight is 561 g/mol. The Kier molecular flexibility index (Phi) is 5.40. The summed E-state index contributed by atoms with van der Waals surface area (Å²) < 4.78 is 63.4. The predicted molar refractivity (Wildman–Crippen MR) is 141 cm³/mol. The van der Waals surface area contributed by atoms with Gasteiger partial charge in [-0.05, 0) is 48.0 Å². The van der Waals surface area contributed by atoms with Crippen molar-refractivity contribution in [2.75, 3.05) is 5.32 Å². The van der Waals surface area contributed by atoms with Crippen LogP contribution in [0.4, 0.5) is 23.2 Å². The standard InChI is InChI=1S/C28H19F4N7O2/c29-27(30)20-13-15(5-6-21(20)40-28(31,32)41-27)39-25-16-3-1-9-26(33,19(16)8-12-36-25)23-17(4-2-10-34-23)22-18-7-11-35-24(18)38-14-37-22/h1-14,25,39H,33H2,(H,35,37,38). The van der Waals surface area contributed by atoms with Crippen LogP contribution in [0, 0.1) is 0 Å². The summed E-state index contributed by atoms with van der Waals surface area (Å²) in [5.74, 6) is -0.686. The average Bonchev–Trinajstić information content (AvgIpc) is 3.42. The van der Waals surface area contributed by atoms with Gasteiger partial charge in [-0.15, -0.1) is 8.78 Å². The van der Waals surface area contributed by atoms with Crippen LogP contribution in [0.5, 0.6) is 5.75 Å². The van der Waals surface area contributed by atoms with Gasteiger partial charge in [-0.25, -0.2) is 14.7 Å². The Labute approximate surface area is 229 Å². The first-order valence-electron chi connectivity index (χ1n) is 12.4. The van der Waals surface area contributed by atoms with E-state index in [4.69, 9.17) is 5.73 Å². The third-order valence-corrected chi connectivity index (χ3v) is 7.04. The highest BCUT2D eigenvalue weighted by Gasteiger charge is 2.54. The molecular formula is C28H19F4N7O2. The summed E-state index contributed by atoms with van der Waals surface area (Å²) in [5, 5.41) is 3.87. The van der Waals surface area contributed by atoms with Gasteiger partial charge in [0.1, 0.15) is 29.4 Å². The molecular weight excluding hydrogens is 542 g/mol. The molecule has 13 heteroatoms. The first-order valence-corrected chi connectivity index (χ1v) is 12.4. The summed E-state index contributed by atoms with van der Waals surface area (Å²) in [4.78, 5) is 21.0. The number of alkyl halides is 4. The zero-order valence-corrected chi connectivity index (χ0v) is 20.9. The lowest BCUT2D eigenvalue weighted by molar-refractivity contribution is -0.461. The number of pyridine rings is 1. The Bertz CT molecular complexity index is 1830. The van der Waals surface area contributed by atoms with E-state index in [1.54, 1.807) is 36.8 Å². The van der Waals surface area contributed by atoms with Gasteiger partial charge in [0.05, 0.1) is 17.0 Å². The van der Waals surface area contributed by atoms with Crippen LogP contribution in [-0.4, -0.2) is 38.6 Å². The van der Waals surface area contributed by atoms with Crippen molar-refractivity contribution in [1.82, 2.24) is 19.9 Å². The van der Waals surface area contributed by atoms with E-state index in [1.807, 2.05) is 24.3 Å². The molecule has 0 radical (unpaired) electrons. The number of dihydropyridines is 1. The van der Waals surface area contributed by atoms with Crippen LogP contribution in [0.1, 0.15) is 11.3 Å². The maximum Gasteiger partial charge on any atom is 0.540 e. The van der Waals surface area contributed by atoms with Crippen molar-refractivity contribution < 1.29 is 27.0 Å². The molecule has 0 saturated carbocycles. The minimum absolute atomic E-state index is 0.177. The topological polar surface area (TPSA) is 123 Å². The normalized spacial score (nSPS) is 23.7. The van der Waals surface area contributed by atoms with E-state index in [0.717, 1.165) is 17.5 Å². The lowest BCUT2D eigenvalue weighted by Gasteiger charge is -2.37. The summed E-state index contributed by atoms with van der Waals surface area (Å²) in [6, 6.07) is 8.90. The molecule has 7 rings (SSSR count). The summed E-state index contributed by atoms with van der Waals surface area (Å²) in [6.45, 7) is 0. The van der Waals surface area contributed by atoms with E-state index in [9.17, 15) is 17.6 Å². The molecule has 2 aliphatic heterocycles. The van der Waals surface area contributed by atoms with E-state index >= 15 is 0 Å². The highest BCUT2D eigenvalue weighted by Crippen LogP contribution is 2.47. The molecule has 4 aromatic rings. The number of H-pyrrole nitrogens is 1. The predicted octanol–water partition coefficient (Wildman–Crippen LogP) is 5.13. The van der Waals surface area contributed by atoms with E-state index in [0.29, 0.717) is 33.7 Å². The van der Waals surface area contributed by atoms with Crippen molar-refractivity contribution in [2.24, 2.45) is 10.7 Å². The van der Waals surface area contributed by atoms with Gasteiger partial charge >= 0.3 is 12.4 Å². The number of fused-ring (bicyclic) bond motifs is 3. The van der Waals surface area contributed by atoms with Gasteiger partial charge in [-0.1, -0.05) is 18.2 Å². The summed E-state index contributed by atoms with van der Waals surface area (Å²) >= 11 is 0. The van der Waals surface area contributed by atoms with E-state index < -0.39 is 35.4 Å². The monoisotopic (exact) mass is 561 g/mol. The molecule has 41 heavy (non-hydrogen) atoms. The zero-order valence-electron chi connectivity index (χ0n) is 20.9. The number of hydrogen-bond donors (Lipinski definition) is 3. The summed E-state index contributed by atoms with van der Waals surface area (Å²) in [5.41, 5.74) is 9.11. The van der Waals surface area contributed by atoms with E-state index in [2.05, 4.69) is 39.7 Å². The number of nitrogens with two attached hydrogens (primary N) is 1. The van der Waals surface area contributed by atoms with Crippen LogP contribution in [0.25, 0.3) is 22.3 Å². The Morgan fingerprint density at radius 3 is 2.78 bits per heavy atom. The van der Waals surface area contributed by atoms with Crippen LogP contribution in [0.15, 0.2) is 95.6 Å². The molecule has 0 fully saturated rings. The molecule has 0 spiro atoms. The second-order valence-electron chi connectivity index (χ2n) is 9.53. The van der Waals surface area contributed by atoms with Gasteiger partial charge in [0.2, 0.25) is 0 Å². The smallest absolute Gasteiger partial charge is 0.409 e. The molecule has 1 aliphatic carbocycles. The number of nitrogens with zero attached hydrogens (tertiary/aromatic N) is 4. The maximum absolute atomic E-state index is 14.4. The molecule has 2 atom stereocenters. The van der Waals surface area contributed by atoms with Gasteiger partial charge in [0.15, 0.2) is 0 Å². The number of rotatable bonds is 4. The van der Waals surface area contributed by atoms with Crippen molar-refractivity contribution in [3.05, 3.63) is 102 Å². The molecule has 1 aromatic carbocycles. The number of ether oxygens (including phenoxy) is 2. The summed E-state index contributed by atoms with van der Waals surface area (Å²) in [7, 11) is 0. The van der Waals surface area contributed by atoms with Crippen molar-refractivity contribution in [2.45, 2.75) is 24.1 Å². The number of aromatic amines is 1. The van der Waals surface area contributed by atoms with Crippen LogP contribution in [-0.2, 0) is 16.4 Å². The van der Waals surface area contributed by atoms with Crippen LogP contribution in [0.2, 0.25) is 0 Å². The molecule has 3 aliphatic rings. The first kappa shape index (κ1) is 25.1.